The molecule has 1 amide bonds. The maximum atomic E-state index is 12.6. The Labute approximate surface area is 126 Å². The van der Waals surface area contributed by atoms with Crippen molar-refractivity contribution in [3.05, 3.63) is 20.7 Å². The second kappa shape index (κ2) is 6.75. The minimum absolute atomic E-state index is 0.0271. The molecule has 21 heavy (non-hydrogen) atoms. The first-order valence-electron chi connectivity index (χ1n) is 7.01. The van der Waals surface area contributed by atoms with Crippen LogP contribution in [0, 0.1) is 5.41 Å². The summed E-state index contributed by atoms with van der Waals surface area (Å²) in [6.45, 7) is 0.234. The molecule has 5 N–H and O–H groups in total. The molecule has 2 rings (SSSR count). The van der Waals surface area contributed by atoms with Crippen molar-refractivity contribution in [2.75, 3.05) is 0 Å². The summed E-state index contributed by atoms with van der Waals surface area (Å²) in [5.74, 6) is -0.271. The van der Waals surface area contributed by atoms with Crippen molar-refractivity contribution in [1.82, 2.24) is 10.3 Å². The zero-order valence-electron chi connectivity index (χ0n) is 11.7. The molecule has 1 aliphatic rings. The Hall–Kier alpha value is -1.83. The van der Waals surface area contributed by atoms with Gasteiger partial charge in [-0.05, 0) is 12.8 Å². The highest BCUT2D eigenvalue weighted by atomic mass is 32.1. The molecular formula is C13H20N4O3S. The fourth-order valence-electron chi connectivity index (χ4n) is 2.77. The number of oxime groups is 1. The van der Waals surface area contributed by atoms with Gasteiger partial charge in [-0.1, -0.05) is 42.2 Å². The van der Waals surface area contributed by atoms with Gasteiger partial charge in [0.1, 0.15) is 5.41 Å². The largest absolute Gasteiger partial charge is 0.409 e. The number of aromatic nitrogens is 1. The van der Waals surface area contributed by atoms with E-state index in [-0.39, 0.29) is 23.2 Å². The number of carbonyl (C=O) groups excluding carboxylic acids is 1. The molecule has 0 aliphatic heterocycles. The molecule has 8 heteroatoms. The van der Waals surface area contributed by atoms with Gasteiger partial charge in [0.2, 0.25) is 5.91 Å². The molecule has 1 aliphatic carbocycles. The van der Waals surface area contributed by atoms with Gasteiger partial charge in [0.25, 0.3) is 0 Å². The quantitative estimate of drug-likeness (QED) is 0.219. The van der Waals surface area contributed by atoms with Gasteiger partial charge in [-0.3, -0.25) is 9.59 Å². The summed E-state index contributed by atoms with van der Waals surface area (Å²) in [5, 5.41) is 16.6. The molecule has 0 aromatic carbocycles. The van der Waals surface area contributed by atoms with E-state index < -0.39 is 5.41 Å². The van der Waals surface area contributed by atoms with Crippen LogP contribution in [-0.4, -0.2) is 21.9 Å². The zero-order valence-corrected chi connectivity index (χ0v) is 12.5. The first-order chi connectivity index (χ1) is 10.1. The van der Waals surface area contributed by atoms with Gasteiger partial charge in [-0.15, -0.1) is 0 Å². The molecule has 1 saturated carbocycles. The molecule has 0 saturated heterocycles. The van der Waals surface area contributed by atoms with Crippen LogP contribution in [0.1, 0.15) is 44.2 Å². The van der Waals surface area contributed by atoms with Gasteiger partial charge in [0.05, 0.1) is 6.54 Å². The minimum atomic E-state index is -0.943. The van der Waals surface area contributed by atoms with Crippen LogP contribution in [0.4, 0.5) is 0 Å². The Balaban J connectivity index is 2.12. The normalized spacial score (nSPS) is 19.0. The zero-order chi connectivity index (χ0) is 15.3. The lowest BCUT2D eigenvalue weighted by molar-refractivity contribution is -0.128. The Morgan fingerprint density at radius 2 is 2.10 bits per heavy atom. The highest BCUT2D eigenvalue weighted by Crippen LogP contribution is 2.35. The number of hydrogen-bond acceptors (Lipinski definition) is 5. The predicted octanol–water partition coefficient (Wildman–Crippen LogP) is 1.14. The average molecular weight is 312 g/mol. The van der Waals surface area contributed by atoms with E-state index in [4.69, 9.17) is 10.9 Å². The van der Waals surface area contributed by atoms with Gasteiger partial charge < -0.3 is 21.2 Å². The van der Waals surface area contributed by atoms with Crippen LogP contribution >= 0.6 is 11.3 Å². The summed E-state index contributed by atoms with van der Waals surface area (Å²) >= 11 is 1.05. The summed E-state index contributed by atoms with van der Waals surface area (Å²) in [5.41, 5.74) is 5.52. The number of nitrogens with one attached hydrogen (secondary N) is 2. The summed E-state index contributed by atoms with van der Waals surface area (Å²) in [6, 6.07) is 0. The first-order valence-corrected chi connectivity index (χ1v) is 7.89. The van der Waals surface area contributed by atoms with Crippen LogP contribution in [-0.2, 0) is 11.3 Å². The van der Waals surface area contributed by atoms with E-state index in [9.17, 15) is 9.59 Å². The van der Waals surface area contributed by atoms with Crippen molar-refractivity contribution >= 4 is 23.1 Å². The van der Waals surface area contributed by atoms with E-state index in [1.807, 2.05) is 0 Å². The van der Waals surface area contributed by atoms with Gasteiger partial charge in [0, 0.05) is 11.1 Å². The maximum absolute atomic E-state index is 12.6. The lowest BCUT2D eigenvalue weighted by atomic mass is 9.78. The Kier molecular flexibility index (Phi) is 5.00. The average Bonchev–Trinajstić information content (AvgIpc) is 2.76. The van der Waals surface area contributed by atoms with E-state index in [1.54, 1.807) is 5.38 Å². The summed E-state index contributed by atoms with van der Waals surface area (Å²) in [4.78, 5) is 26.1. The first kappa shape index (κ1) is 15.6. The number of thiazole rings is 1. The van der Waals surface area contributed by atoms with Gasteiger partial charge in [-0.2, -0.15) is 0 Å². The Morgan fingerprint density at radius 1 is 1.43 bits per heavy atom. The highest BCUT2D eigenvalue weighted by Gasteiger charge is 2.42. The SMILES string of the molecule is NC(=NO)C1(C(=O)NCc2csc(=O)[nH]2)CCCCCC1. The number of amidine groups is 1. The summed E-state index contributed by atoms with van der Waals surface area (Å²) in [6.07, 6.45) is 5.00. The standard InChI is InChI=1S/C13H20N4O3S/c14-10(17-20)13(5-3-1-2-4-6-13)11(18)15-7-9-8-21-12(19)16-9/h8,20H,1-7H2,(H2,14,17)(H,15,18)(H,16,19). The fourth-order valence-corrected chi connectivity index (χ4v) is 3.35. The third kappa shape index (κ3) is 3.44. The molecule has 0 bridgehead atoms. The van der Waals surface area contributed by atoms with E-state index >= 15 is 0 Å². The van der Waals surface area contributed by atoms with E-state index in [0.29, 0.717) is 18.5 Å². The van der Waals surface area contributed by atoms with Gasteiger partial charge >= 0.3 is 4.87 Å². The van der Waals surface area contributed by atoms with Crippen molar-refractivity contribution in [2.24, 2.45) is 16.3 Å². The molecule has 1 fully saturated rings. The molecule has 1 heterocycles. The summed E-state index contributed by atoms with van der Waals surface area (Å²) in [7, 11) is 0. The number of amides is 1. The monoisotopic (exact) mass is 312 g/mol. The second-order valence-electron chi connectivity index (χ2n) is 5.34. The fraction of sp³-hybridized carbons (Fsp3) is 0.615. The molecule has 7 nitrogen and oxygen atoms in total. The van der Waals surface area contributed by atoms with E-state index in [0.717, 1.165) is 37.0 Å². The van der Waals surface area contributed by atoms with Crippen LogP contribution < -0.4 is 15.9 Å². The smallest absolute Gasteiger partial charge is 0.304 e. The van der Waals surface area contributed by atoms with Crippen LogP contribution in [0.3, 0.4) is 0 Å². The Bertz CT molecular complexity index is 570. The summed E-state index contributed by atoms with van der Waals surface area (Å²) < 4.78 is 0. The molecular weight excluding hydrogens is 292 g/mol. The number of carbonyl (C=O) groups is 1. The van der Waals surface area contributed by atoms with Crippen molar-refractivity contribution in [2.45, 2.75) is 45.1 Å². The molecule has 1 aromatic heterocycles. The lowest BCUT2D eigenvalue weighted by Gasteiger charge is -2.29. The third-order valence-electron chi connectivity index (χ3n) is 4.00. The van der Waals surface area contributed by atoms with Gasteiger partial charge in [-0.25, -0.2) is 0 Å². The second-order valence-corrected chi connectivity index (χ2v) is 6.18. The molecule has 116 valence electrons. The third-order valence-corrected chi connectivity index (χ3v) is 4.72. The van der Waals surface area contributed by atoms with Crippen molar-refractivity contribution in [1.29, 1.82) is 0 Å². The van der Waals surface area contributed by atoms with Crippen molar-refractivity contribution < 1.29 is 10.0 Å². The molecule has 0 atom stereocenters. The number of hydrogen-bond donors (Lipinski definition) is 4. The number of rotatable bonds is 4. The highest BCUT2D eigenvalue weighted by molar-refractivity contribution is 7.07. The molecule has 0 unspecified atom stereocenters. The van der Waals surface area contributed by atoms with Gasteiger partial charge in [0.15, 0.2) is 5.84 Å². The van der Waals surface area contributed by atoms with Crippen LogP contribution in [0.5, 0.6) is 0 Å². The Morgan fingerprint density at radius 3 is 2.62 bits per heavy atom. The van der Waals surface area contributed by atoms with Crippen LogP contribution in [0.2, 0.25) is 0 Å². The predicted molar refractivity (Wildman–Crippen MR) is 80.3 cm³/mol. The minimum Gasteiger partial charge on any atom is -0.409 e. The molecule has 0 spiro atoms. The topological polar surface area (TPSA) is 121 Å². The van der Waals surface area contributed by atoms with Crippen molar-refractivity contribution in [3.63, 3.8) is 0 Å². The number of H-pyrrole nitrogens is 1. The van der Waals surface area contributed by atoms with Crippen molar-refractivity contribution in [3.8, 4) is 0 Å². The number of nitrogens with two attached hydrogens (primary N) is 1. The van der Waals surface area contributed by atoms with Crippen LogP contribution in [0.15, 0.2) is 15.3 Å². The lowest BCUT2D eigenvalue weighted by Crippen LogP contribution is -2.49. The number of aromatic amines is 1. The molecule has 1 aromatic rings. The number of nitrogens with zero attached hydrogens (tertiary/aromatic N) is 1. The van der Waals surface area contributed by atoms with Crippen LogP contribution in [0.25, 0.3) is 0 Å². The molecule has 0 radical (unpaired) electrons. The maximum Gasteiger partial charge on any atom is 0.304 e. The van der Waals surface area contributed by atoms with E-state index in [1.165, 1.54) is 0 Å². The van der Waals surface area contributed by atoms with E-state index in [2.05, 4.69) is 15.5 Å².